The van der Waals surface area contributed by atoms with E-state index >= 15 is 0 Å². The molecule has 0 spiro atoms. The van der Waals surface area contributed by atoms with Gasteiger partial charge in [-0.2, -0.15) is 0 Å². The number of aryl methyl sites for hydroxylation is 3. The minimum Gasteiger partial charge on any atom is -0.348 e. The number of nitrogens with one attached hydrogen (secondary N) is 1. The Bertz CT molecular complexity index is 1220. The lowest BCUT2D eigenvalue weighted by Crippen LogP contribution is -2.42. The van der Waals surface area contributed by atoms with Gasteiger partial charge in [-0.05, 0) is 68.1 Å². The number of carbonyl (C=O) groups is 1. The van der Waals surface area contributed by atoms with E-state index in [1.807, 2.05) is 38.1 Å². The van der Waals surface area contributed by atoms with Crippen LogP contribution in [0.3, 0.4) is 0 Å². The van der Waals surface area contributed by atoms with Gasteiger partial charge in [-0.1, -0.05) is 66.6 Å². The molecule has 33 heavy (non-hydrogen) atoms. The highest BCUT2D eigenvalue weighted by atomic mass is 35.5. The van der Waals surface area contributed by atoms with Gasteiger partial charge in [0.2, 0.25) is 5.91 Å². The number of anilines is 1. The Hall–Kier alpha value is -2.83. The second-order valence-corrected chi connectivity index (χ2v) is 10.4. The first-order valence-electron chi connectivity index (χ1n) is 10.9. The number of hydrogen-bond acceptors (Lipinski definition) is 3. The van der Waals surface area contributed by atoms with Crippen LogP contribution in [0.25, 0.3) is 0 Å². The van der Waals surface area contributed by atoms with Crippen LogP contribution in [0.15, 0.2) is 71.6 Å². The first kappa shape index (κ1) is 24.8. The van der Waals surface area contributed by atoms with Gasteiger partial charge in [-0.15, -0.1) is 0 Å². The Balaban J connectivity index is 1.91. The summed E-state index contributed by atoms with van der Waals surface area (Å²) >= 11 is 6.18. The monoisotopic (exact) mass is 484 g/mol. The van der Waals surface area contributed by atoms with Crippen LogP contribution in [0.1, 0.15) is 42.1 Å². The molecular formula is C26H29ClN2O3S. The van der Waals surface area contributed by atoms with E-state index in [0.29, 0.717) is 16.3 Å². The van der Waals surface area contributed by atoms with E-state index in [-0.39, 0.29) is 17.5 Å². The molecule has 0 heterocycles. The van der Waals surface area contributed by atoms with E-state index in [9.17, 15) is 13.2 Å². The smallest absolute Gasteiger partial charge is 0.264 e. The zero-order chi connectivity index (χ0) is 24.2. The molecular weight excluding hydrogens is 456 g/mol. The minimum absolute atomic E-state index is 0.114. The summed E-state index contributed by atoms with van der Waals surface area (Å²) in [5, 5.41) is 3.32. The molecule has 1 N–H and O–H groups in total. The third kappa shape index (κ3) is 5.95. The number of amides is 1. The van der Waals surface area contributed by atoms with Crippen LogP contribution in [0, 0.1) is 13.8 Å². The zero-order valence-electron chi connectivity index (χ0n) is 19.3. The van der Waals surface area contributed by atoms with Crippen molar-refractivity contribution in [1.29, 1.82) is 0 Å². The Morgan fingerprint density at radius 2 is 1.64 bits per heavy atom. The summed E-state index contributed by atoms with van der Waals surface area (Å²) < 4.78 is 28.3. The molecule has 7 heteroatoms. The fourth-order valence-electron chi connectivity index (χ4n) is 3.53. The van der Waals surface area contributed by atoms with Crippen LogP contribution < -0.4 is 9.62 Å². The molecule has 174 valence electrons. The van der Waals surface area contributed by atoms with Crippen LogP contribution in [0.4, 0.5) is 5.69 Å². The largest absolute Gasteiger partial charge is 0.348 e. The standard InChI is InChI=1S/C26H29ClN2O3S/c1-5-21-9-11-22(12-10-21)20(4)28-26(30)17-29(25-16-23(27)13-8-19(25)3)33(31,32)24-14-6-18(2)7-15-24/h6-16,20H,5,17H2,1-4H3,(H,28,30)/t20-/m1/s1. The molecule has 0 aliphatic carbocycles. The number of sulfonamides is 1. The Morgan fingerprint density at radius 1 is 1.00 bits per heavy atom. The van der Waals surface area contributed by atoms with Gasteiger partial charge >= 0.3 is 0 Å². The maximum absolute atomic E-state index is 13.6. The molecule has 3 aromatic rings. The highest BCUT2D eigenvalue weighted by Gasteiger charge is 2.29. The van der Waals surface area contributed by atoms with Gasteiger partial charge in [0.25, 0.3) is 10.0 Å². The SMILES string of the molecule is CCc1ccc([C@@H](C)NC(=O)CN(c2cc(Cl)ccc2C)S(=O)(=O)c2ccc(C)cc2)cc1. The zero-order valence-corrected chi connectivity index (χ0v) is 20.9. The quantitative estimate of drug-likeness (QED) is 0.453. The number of hydrogen-bond donors (Lipinski definition) is 1. The van der Waals surface area contributed by atoms with Gasteiger partial charge in [-0.3, -0.25) is 9.10 Å². The molecule has 3 rings (SSSR count). The summed E-state index contributed by atoms with van der Waals surface area (Å²) in [6.07, 6.45) is 0.936. The van der Waals surface area contributed by atoms with Gasteiger partial charge < -0.3 is 5.32 Å². The molecule has 1 amide bonds. The highest BCUT2D eigenvalue weighted by molar-refractivity contribution is 7.92. The van der Waals surface area contributed by atoms with Crippen LogP contribution in [0.2, 0.25) is 5.02 Å². The van der Waals surface area contributed by atoms with Crippen molar-refractivity contribution in [2.24, 2.45) is 0 Å². The molecule has 1 atom stereocenters. The summed E-state index contributed by atoms with van der Waals surface area (Å²) in [5.41, 5.74) is 4.18. The number of nitrogens with zero attached hydrogens (tertiary/aromatic N) is 1. The van der Waals surface area contributed by atoms with Crippen molar-refractivity contribution in [3.8, 4) is 0 Å². The van der Waals surface area contributed by atoms with Gasteiger partial charge in [0.15, 0.2) is 0 Å². The van der Waals surface area contributed by atoms with Crippen molar-refractivity contribution in [2.45, 2.75) is 45.1 Å². The normalized spacial score (nSPS) is 12.3. The predicted octanol–water partition coefficient (Wildman–Crippen LogP) is 5.59. The number of rotatable bonds is 8. The van der Waals surface area contributed by atoms with E-state index in [1.165, 1.54) is 5.56 Å². The Kier molecular flexibility index (Phi) is 7.82. The average molecular weight is 485 g/mol. The maximum atomic E-state index is 13.6. The molecule has 0 fully saturated rings. The summed E-state index contributed by atoms with van der Waals surface area (Å²) in [6, 6.07) is 19.3. The van der Waals surface area contributed by atoms with E-state index < -0.39 is 15.9 Å². The maximum Gasteiger partial charge on any atom is 0.264 e. The average Bonchev–Trinajstić information content (AvgIpc) is 2.79. The Morgan fingerprint density at radius 3 is 2.24 bits per heavy atom. The van der Waals surface area contributed by atoms with Crippen molar-refractivity contribution in [2.75, 3.05) is 10.8 Å². The third-order valence-corrected chi connectivity index (χ3v) is 7.61. The van der Waals surface area contributed by atoms with E-state index in [4.69, 9.17) is 11.6 Å². The molecule has 0 saturated heterocycles. The van der Waals surface area contributed by atoms with Crippen LogP contribution in [-0.2, 0) is 21.2 Å². The third-order valence-electron chi connectivity index (χ3n) is 5.60. The van der Waals surface area contributed by atoms with E-state index in [1.54, 1.807) is 49.4 Å². The van der Waals surface area contributed by atoms with Gasteiger partial charge in [-0.25, -0.2) is 8.42 Å². The van der Waals surface area contributed by atoms with Gasteiger partial charge in [0, 0.05) is 5.02 Å². The number of benzene rings is 3. The molecule has 3 aromatic carbocycles. The molecule has 0 aromatic heterocycles. The molecule has 0 aliphatic rings. The van der Waals surface area contributed by atoms with E-state index in [0.717, 1.165) is 21.9 Å². The van der Waals surface area contributed by atoms with Crippen LogP contribution >= 0.6 is 11.6 Å². The van der Waals surface area contributed by atoms with Crippen molar-refractivity contribution in [3.63, 3.8) is 0 Å². The van der Waals surface area contributed by atoms with Gasteiger partial charge in [0.1, 0.15) is 6.54 Å². The number of halogens is 1. The predicted molar refractivity (Wildman–Crippen MR) is 134 cm³/mol. The van der Waals surface area contributed by atoms with Crippen molar-refractivity contribution < 1.29 is 13.2 Å². The number of carbonyl (C=O) groups excluding carboxylic acids is 1. The lowest BCUT2D eigenvalue weighted by Gasteiger charge is -2.26. The molecule has 0 aliphatic heterocycles. The lowest BCUT2D eigenvalue weighted by molar-refractivity contribution is -0.120. The minimum atomic E-state index is -4.00. The summed E-state index contributed by atoms with van der Waals surface area (Å²) in [5.74, 6) is -0.405. The lowest BCUT2D eigenvalue weighted by atomic mass is 10.1. The first-order valence-corrected chi connectivity index (χ1v) is 12.7. The first-order chi connectivity index (χ1) is 15.6. The summed E-state index contributed by atoms with van der Waals surface area (Å²) in [7, 11) is -4.00. The summed E-state index contributed by atoms with van der Waals surface area (Å²) in [6.45, 7) is 7.27. The second-order valence-electron chi connectivity index (χ2n) is 8.14. The van der Waals surface area contributed by atoms with Gasteiger partial charge in [0.05, 0.1) is 16.6 Å². The molecule has 0 radical (unpaired) electrons. The second kappa shape index (κ2) is 10.4. The van der Waals surface area contributed by atoms with Crippen LogP contribution in [0.5, 0.6) is 0 Å². The molecule has 0 unspecified atom stereocenters. The highest BCUT2D eigenvalue weighted by Crippen LogP contribution is 2.29. The molecule has 0 bridgehead atoms. The molecule has 0 saturated carbocycles. The van der Waals surface area contributed by atoms with Crippen molar-refractivity contribution >= 4 is 33.2 Å². The topological polar surface area (TPSA) is 66.5 Å². The Labute approximate surface area is 201 Å². The summed E-state index contributed by atoms with van der Waals surface area (Å²) in [4.78, 5) is 13.1. The fourth-order valence-corrected chi connectivity index (χ4v) is 5.17. The van der Waals surface area contributed by atoms with Crippen LogP contribution in [-0.4, -0.2) is 20.9 Å². The molecule has 5 nitrogen and oxygen atoms in total. The van der Waals surface area contributed by atoms with Crippen molar-refractivity contribution in [3.05, 3.63) is 94.0 Å². The fraction of sp³-hybridized carbons (Fsp3) is 0.269. The van der Waals surface area contributed by atoms with Crippen molar-refractivity contribution in [1.82, 2.24) is 5.32 Å². The van der Waals surface area contributed by atoms with E-state index in [2.05, 4.69) is 12.2 Å².